The number of hydrogen-bond donors (Lipinski definition) is 2. The number of benzene rings is 2. The Morgan fingerprint density at radius 2 is 1.66 bits per heavy atom. The minimum absolute atomic E-state index is 0.0337. The summed E-state index contributed by atoms with van der Waals surface area (Å²) in [5.74, 6) is 2.50. The Balaban J connectivity index is 1.16. The molecule has 0 unspecified atom stereocenters. The van der Waals surface area contributed by atoms with Crippen LogP contribution >= 0.6 is 11.8 Å². The normalized spacial score (nSPS) is 13.0. The smallest absolute Gasteiger partial charge is 0.262 e. The molecule has 2 N–H and O–H groups in total. The molecule has 218 valence electrons. The number of unbranched alkanes of at least 4 members (excludes halogenated alkanes) is 3. The van der Waals surface area contributed by atoms with Crippen LogP contribution in [0.15, 0.2) is 40.3 Å². The molecule has 0 aliphatic carbocycles. The van der Waals surface area contributed by atoms with Crippen molar-refractivity contribution in [1.29, 1.82) is 0 Å². The van der Waals surface area contributed by atoms with Crippen molar-refractivity contribution in [2.75, 3.05) is 25.9 Å². The molecule has 2 amide bonds. The summed E-state index contributed by atoms with van der Waals surface area (Å²) in [6, 6.07) is 8.99. The minimum Gasteiger partial charge on any atom is -0.454 e. The van der Waals surface area contributed by atoms with Crippen molar-refractivity contribution >= 4 is 34.5 Å². The SMILES string of the molecule is CCCCNC(=O)CSc1nc2cc3c(cc2c(=O)n1CCCCCC(=O)NCc1ccc2c(c1)OCO2)OCO3. The first-order chi connectivity index (χ1) is 20.0. The van der Waals surface area contributed by atoms with E-state index < -0.39 is 0 Å². The van der Waals surface area contributed by atoms with Crippen molar-refractivity contribution < 1.29 is 28.5 Å². The third-order valence-corrected chi connectivity index (χ3v) is 7.79. The molecule has 2 aliphatic heterocycles. The van der Waals surface area contributed by atoms with Crippen LogP contribution in [-0.4, -0.2) is 47.2 Å². The fourth-order valence-electron chi connectivity index (χ4n) is 4.56. The van der Waals surface area contributed by atoms with Gasteiger partial charge in [0.2, 0.25) is 25.4 Å². The van der Waals surface area contributed by atoms with Gasteiger partial charge >= 0.3 is 0 Å². The maximum absolute atomic E-state index is 13.5. The van der Waals surface area contributed by atoms with E-state index in [0.29, 0.717) is 78.0 Å². The zero-order valence-electron chi connectivity index (χ0n) is 23.0. The highest BCUT2D eigenvalue weighted by atomic mass is 32.2. The van der Waals surface area contributed by atoms with E-state index in [1.807, 2.05) is 18.2 Å². The van der Waals surface area contributed by atoms with Gasteiger partial charge in [-0.2, -0.15) is 0 Å². The fraction of sp³-hybridized carbons (Fsp3) is 0.448. The number of ether oxygens (including phenoxy) is 4. The molecule has 0 radical (unpaired) electrons. The zero-order chi connectivity index (χ0) is 28.6. The molecule has 3 aromatic rings. The Labute approximate surface area is 241 Å². The number of aromatic nitrogens is 2. The van der Waals surface area contributed by atoms with E-state index in [4.69, 9.17) is 23.9 Å². The number of nitrogens with zero attached hydrogens (tertiary/aromatic N) is 2. The molecule has 0 saturated heterocycles. The second kappa shape index (κ2) is 13.6. The lowest BCUT2D eigenvalue weighted by Crippen LogP contribution is -2.27. The molecule has 2 aromatic carbocycles. The first-order valence-corrected chi connectivity index (χ1v) is 14.9. The van der Waals surface area contributed by atoms with Gasteiger partial charge < -0.3 is 29.6 Å². The first kappa shape index (κ1) is 28.6. The molecule has 0 saturated carbocycles. The molecule has 2 aliphatic rings. The number of carbonyl (C=O) groups is 2. The predicted octanol–water partition coefficient (Wildman–Crippen LogP) is 3.74. The molecule has 41 heavy (non-hydrogen) atoms. The summed E-state index contributed by atoms with van der Waals surface area (Å²) in [6.45, 7) is 3.85. The fourth-order valence-corrected chi connectivity index (χ4v) is 5.41. The standard InChI is InChI=1S/C29H34N4O7S/c1-2-3-10-30-27(35)16-41-29-32-21-14-25-24(39-18-40-25)13-20(21)28(36)33(29)11-6-4-5-7-26(34)31-15-19-8-9-22-23(12-19)38-17-37-22/h8-9,12-14H,2-7,10-11,15-18H2,1H3,(H,30,35)(H,31,34). The van der Waals surface area contributed by atoms with Gasteiger partial charge in [-0.1, -0.05) is 37.6 Å². The summed E-state index contributed by atoms with van der Waals surface area (Å²) in [4.78, 5) is 42.9. The first-order valence-electron chi connectivity index (χ1n) is 13.9. The number of fused-ring (bicyclic) bond motifs is 3. The quantitative estimate of drug-likeness (QED) is 0.166. The molecule has 0 fully saturated rings. The minimum atomic E-state index is -0.191. The number of carbonyl (C=O) groups excluding carboxylic acids is 2. The van der Waals surface area contributed by atoms with Crippen LogP contribution in [0.1, 0.15) is 51.0 Å². The van der Waals surface area contributed by atoms with Crippen LogP contribution in [0.3, 0.4) is 0 Å². The van der Waals surface area contributed by atoms with Crippen LogP contribution in [0.25, 0.3) is 10.9 Å². The van der Waals surface area contributed by atoms with E-state index in [1.165, 1.54) is 11.8 Å². The molecule has 1 aromatic heterocycles. The monoisotopic (exact) mass is 582 g/mol. The van der Waals surface area contributed by atoms with E-state index in [9.17, 15) is 14.4 Å². The molecular weight excluding hydrogens is 548 g/mol. The van der Waals surface area contributed by atoms with Crippen molar-refractivity contribution in [2.24, 2.45) is 0 Å². The Morgan fingerprint density at radius 1 is 0.902 bits per heavy atom. The largest absolute Gasteiger partial charge is 0.454 e. The number of thioether (sulfide) groups is 1. The maximum atomic E-state index is 13.5. The molecule has 11 nitrogen and oxygen atoms in total. The van der Waals surface area contributed by atoms with Crippen LogP contribution in [0.4, 0.5) is 0 Å². The van der Waals surface area contributed by atoms with Crippen molar-refractivity contribution in [3.63, 3.8) is 0 Å². The second-order valence-electron chi connectivity index (χ2n) is 9.84. The molecular formula is C29H34N4O7S. The van der Waals surface area contributed by atoms with Gasteiger partial charge in [-0.15, -0.1) is 0 Å². The highest BCUT2D eigenvalue weighted by Crippen LogP contribution is 2.35. The van der Waals surface area contributed by atoms with Crippen molar-refractivity contribution in [3.8, 4) is 23.0 Å². The number of hydrogen-bond acceptors (Lipinski definition) is 9. The predicted molar refractivity (Wildman–Crippen MR) is 154 cm³/mol. The summed E-state index contributed by atoms with van der Waals surface area (Å²) in [5, 5.41) is 6.76. The van der Waals surface area contributed by atoms with E-state index >= 15 is 0 Å². The highest BCUT2D eigenvalue weighted by Gasteiger charge is 2.20. The lowest BCUT2D eigenvalue weighted by Gasteiger charge is -2.13. The summed E-state index contributed by atoms with van der Waals surface area (Å²) in [5.41, 5.74) is 1.25. The zero-order valence-corrected chi connectivity index (χ0v) is 23.8. The molecule has 0 spiro atoms. The van der Waals surface area contributed by atoms with Gasteiger partial charge in [-0.25, -0.2) is 4.98 Å². The molecule has 12 heteroatoms. The average molecular weight is 583 g/mol. The van der Waals surface area contributed by atoms with Gasteiger partial charge in [0, 0.05) is 32.1 Å². The summed E-state index contributed by atoms with van der Waals surface area (Å²) < 4.78 is 23.2. The maximum Gasteiger partial charge on any atom is 0.262 e. The van der Waals surface area contributed by atoms with Gasteiger partial charge in [0.15, 0.2) is 28.2 Å². The van der Waals surface area contributed by atoms with Gasteiger partial charge in [-0.05, 0) is 43.0 Å². The van der Waals surface area contributed by atoms with Crippen molar-refractivity contribution in [2.45, 2.75) is 63.7 Å². The van der Waals surface area contributed by atoms with Gasteiger partial charge in [0.25, 0.3) is 5.56 Å². The van der Waals surface area contributed by atoms with Crippen LogP contribution in [-0.2, 0) is 22.7 Å². The number of nitrogens with one attached hydrogen (secondary N) is 2. The molecule has 0 atom stereocenters. The van der Waals surface area contributed by atoms with E-state index in [1.54, 1.807) is 16.7 Å². The average Bonchev–Trinajstić information content (AvgIpc) is 3.64. The van der Waals surface area contributed by atoms with Crippen LogP contribution in [0.5, 0.6) is 23.0 Å². The van der Waals surface area contributed by atoms with Crippen molar-refractivity contribution in [3.05, 3.63) is 46.2 Å². The molecule has 3 heterocycles. The topological polar surface area (TPSA) is 130 Å². The lowest BCUT2D eigenvalue weighted by molar-refractivity contribution is -0.121. The molecule has 0 bridgehead atoms. The van der Waals surface area contributed by atoms with E-state index in [2.05, 4.69) is 17.6 Å². The highest BCUT2D eigenvalue weighted by molar-refractivity contribution is 7.99. The van der Waals surface area contributed by atoms with E-state index in [-0.39, 0.29) is 36.7 Å². The van der Waals surface area contributed by atoms with Gasteiger partial charge in [0.05, 0.1) is 16.7 Å². The Bertz CT molecular complexity index is 1480. The third-order valence-electron chi connectivity index (χ3n) is 6.81. The third kappa shape index (κ3) is 7.24. The van der Waals surface area contributed by atoms with E-state index in [0.717, 1.165) is 24.8 Å². The molecule has 5 rings (SSSR count). The van der Waals surface area contributed by atoms with Crippen LogP contribution in [0, 0.1) is 0 Å². The lowest BCUT2D eigenvalue weighted by atomic mass is 10.1. The summed E-state index contributed by atoms with van der Waals surface area (Å²) >= 11 is 1.24. The Hall–Kier alpha value is -3.93. The summed E-state index contributed by atoms with van der Waals surface area (Å²) in [7, 11) is 0. The Kier molecular flexibility index (Phi) is 9.50. The second-order valence-corrected chi connectivity index (χ2v) is 10.8. The van der Waals surface area contributed by atoms with Crippen LogP contribution < -0.4 is 35.1 Å². The Morgan fingerprint density at radius 3 is 2.46 bits per heavy atom. The summed E-state index contributed by atoms with van der Waals surface area (Å²) in [6.07, 6.45) is 4.42. The van der Waals surface area contributed by atoms with Gasteiger partial charge in [-0.3, -0.25) is 19.0 Å². The van der Waals surface area contributed by atoms with Gasteiger partial charge in [0.1, 0.15) is 0 Å². The van der Waals surface area contributed by atoms with Crippen molar-refractivity contribution in [1.82, 2.24) is 20.2 Å². The van der Waals surface area contributed by atoms with Crippen LogP contribution in [0.2, 0.25) is 0 Å². The number of rotatable bonds is 14. The number of amides is 2.